The summed E-state index contributed by atoms with van der Waals surface area (Å²) in [5.41, 5.74) is 0. The molecule has 1 aliphatic rings. The number of esters is 1. The summed E-state index contributed by atoms with van der Waals surface area (Å²) < 4.78 is 5.16. The van der Waals surface area contributed by atoms with Crippen molar-refractivity contribution in [1.29, 1.82) is 0 Å². The van der Waals surface area contributed by atoms with E-state index in [0.29, 0.717) is 12.3 Å². The Bertz CT molecular complexity index is 142. The predicted octanol–water partition coefficient (Wildman–Crippen LogP) is 2.13. The second-order valence-corrected chi connectivity index (χ2v) is 3.45. The van der Waals surface area contributed by atoms with Crippen LogP contribution in [0.15, 0.2) is 0 Å². The highest BCUT2D eigenvalue weighted by molar-refractivity contribution is 5.70. The minimum atomic E-state index is -0.0119. The number of ether oxygens (including phenoxy) is 1. The Morgan fingerprint density at radius 1 is 1.64 bits per heavy atom. The Morgan fingerprint density at radius 3 is 2.91 bits per heavy atom. The van der Waals surface area contributed by atoms with E-state index in [9.17, 15) is 4.79 Å². The molecule has 0 aromatic carbocycles. The summed E-state index contributed by atoms with van der Waals surface area (Å²) in [6, 6.07) is 0. The van der Waals surface area contributed by atoms with Crippen molar-refractivity contribution in [1.82, 2.24) is 0 Å². The molecule has 64 valence electrons. The van der Waals surface area contributed by atoms with Crippen molar-refractivity contribution in [3.8, 4) is 0 Å². The van der Waals surface area contributed by atoms with Crippen LogP contribution in [-0.2, 0) is 9.53 Å². The number of carbonyl (C=O) groups is 1. The zero-order valence-electron chi connectivity index (χ0n) is 7.30. The molecule has 2 nitrogen and oxygen atoms in total. The maximum absolute atomic E-state index is 10.9. The largest absolute Gasteiger partial charge is 0.462 e. The summed E-state index contributed by atoms with van der Waals surface area (Å²) in [6.07, 6.45) is 4.00. The lowest BCUT2D eigenvalue weighted by Gasteiger charge is -2.26. The maximum atomic E-state index is 10.9. The molecule has 11 heavy (non-hydrogen) atoms. The van der Waals surface area contributed by atoms with Crippen LogP contribution in [0.3, 0.4) is 0 Å². The minimum absolute atomic E-state index is 0.0119. The molecule has 2 atom stereocenters. The summed E-state index contributed by atoms with van der Waals surface area (Å²) in [5, 5.41) is 0. The number of cyclic esters (lactones) is 1. The molecular formula is C9H16O2. The van der Waals surface area contributed by atoms with Gasteiger partial charge in [0.2, 0.25) is 0 Å². The summed E-state index contributed by atoms with van der Waals surface area (Å²) in [6.45, 7) is 4.23. The van der Waals surface area contributed by atoms with E-state index in [1.54, 1.807) is 0 Å². The van der Waals surface area contributed by atoms with Crippen molar-refractivity contribution in [2.24, 2.45) is 5.92 Å². The Hall–Kier alpha value is -0.530. The quantitative estimate of drug-likeness (QED) is 0.572. The van der Waals surface area contributed by atoms with E-state index >= 15 is 0 Å². The molecule has 0 unspecified atom stereocenters. The Kier molecular flexibility index (Phi) is 2.92. The molecule has 0 N–H and O–H groups in total. The molecule has 1 fully saturated rings. The highest BCUT2D eigenvalue weighted by atomic mass is 16.5. The van der Waals surface area contributed by atoms with Crippen LogP contribution in [0.5, 0.6) is 0 Å². The van der Waals surface area contributed by atoms with Gasteiger partial charge in [-0.1, -0.05) is 20.3 Å². The van der Waals surface area contributed by atoms with Crippen LogP contribution >= 0.6 is 0 Å². The first-order valence-electron chi connectivity index (χ1n) is 4.41. The van der Waals surface area contributed by atoms with Crippen LogP contribution in [0.4, 0.5) is 0 Å². The van der Waals surface area contributed by atoms with Gasteiger partial charge in [0.25, 0.3) is 0 Å². The average molecular weight is 156 g/mol. The fraction of sp³-hybridized carbons (Fsp3) is 0.889. The first-order chi connectivity index (χ1) is 5.22. The SMILES string of the molecule is CCC[C@@H]1C[C@@H](C)CC(=O)O1. The molecule has 0 aromatic heterocycles. The molecule has 1 heterocycles. The molecule has 0 spiro atoms. The zero-order chi connectivity index (χ0) is 8.27. The molecule has 1 rings (SSSR count). The Balaban J connectivity index is 2.36. The molecule has 0 bridgehead atoms. The molecular weight excluding hydrogens is 140 g/mol. The number of hydrogen-bond donors (Lipinski definition) is 0. The van der Waals surface area contributed by atoms with Crippen molar-refractivity contribution >= 4 is 5.97 Å². The van der Waals surface area contributed by atoms with E-state index in [0.717, 1.165) is 19.3 Å². The summed E-state index contributed by atoms with van der Waals surface area (Å²) in [4.78, 5) is 10.9. The Morgan fingerprint density at radius 2 is 2.36 bits per heavy atom. The number of hydrogen-bond acceptors (Lipinski definition) is 2. The third-order valence-electron chi connectivity index (χ3n) is 2.09. The zero-order valence-corrected chi connectivity index (χ0v) is 7.30. The second-order valence-electron chi connectivity index (χ2n) is 3.45. The van der Waals surface area contributed by atoms with E-state index in [1.165, 1.54) is 0 Å². The average Bonchev–Trinajstić information content (AvgIpc) is 1.85. The van der Waals surface area contributed by atoms with Crippen molar-refractivity contribution in [3.05, 3.63) is 0 Å². The standard InChI is InChI=1S/C9H16O2/c1-3-4-8-5-7(2)6-9(10)11-8/h7-8H,3-6H2,1-2H3/t7-,8-/m1/s1. The maximum Gasteiger partial charge on any atom is 0.306 e. The molecule has 0 saturated carbocycles. The lowest BCUT2D eigenvalue weighted by Crippen LogP contribution is -2.28. The van der Waals surface area contributed by atoms with Crippen molar-refractivity contribution in [2.75, 3.05) is 0 Å². The van der Waals surface area contributed by atoms with Crippen molar-refractivity contribution < 1.29 is 9.53 Å². The molecule has 1 saturated heterocycles. The lowest BCUT2D eigenvalue weighted by atomic mass is 9.95. The van der Waals surface area contributed by atoms with Crippen LogP contribution in [0.1, 0.15) is 39.5 Å². The van der Waals surface area contributed by atoms with E-state index in [2.05, 4.69) is 13.8 Å². The molecule has 0 radical (unpaired) electrons. The second kappa shape index (κ2) is 3.74. The van der Waals surface area contributed by atoms with Crippen LogP contribution in [0.2, 0.25) is 0 Å². The number of carbonyl (C=O) groups excluding carboxylic acids is 1. The van der Waals surface area contributed by atoms with Gasteiger partial charge in [0, 0.05) is 6.42 Å². The monoisotopic (exact) mass is 156 g/mol. The van der Waals surface area contributed by atoms with Crippen LogP contribution in [-0.4, -0.2) is 12.1 Å². The topological polar surface area (TPSA) is 26.3 Å². The van der Waals surface area contributed by atoms with Gasteiger partial charge in [0.15, 0.2) is 0 Å². The Labute approximate surface area is 67.9 Å². The van der Waals surface area contributed by atoms with Crippen molar-refractivity contribution in [3.63, 3.8) is 0 Å². The highest BCUT2D eigenvalue weighted by Crippen LogP contribution is 2.22. The van der Waals surface area contributed by atoms with Crippen LogP contribution in [0, 0.1) is 5.92 Å². The van der Waals surface area contributed by atoms with Gasteiger partial charge in [0.05, 0.1) is 0 Å². The normalized spacial score (nSPS) is 31.6. The van der Waals surface area contributed by atoms with Gasteiger partial charge in [-0.2, -0.15) is 0 Å². The minimum Gasteiger partial charge on any atom is -0.462 e. The number of rotatable bonds is 2. The molecule has 0 amide bonds. The van der Waals surface area contributed by atoms with Gasteiger partial charge in [-0.05, 0) is 18.8 Å². The van der Waals surface area contributed by atoms with Gasteiger partial charge < -0.3 is 4.74 Å². The van der Waals surface area contributed by atoms with Crippen LogP contribution in [0.25, 0.3) is 0 Å². The third-order valence-corrected chi connectivity index (χ3v) is 2.09. The smallest absolute Gasteiger partial charge is 0.306 e. The van der Waals surface area contributed by atoms with E-state index < -0.39 is 0 Å². The highest BCUT2D eigenvalue weighted by Gasteiger charge is 2.24. The molecule has 1 aliphatic heterocycles. The predicted molar refractivity (Wildman–Crippen MR) is 43.2 cm³/mol. The fourth-order valence-electron chi connectivity index (χ4n) is 1.60. The molecule has 0 aliphatic carbocycles. The fourth-order valence-corrected chi connectivity index (χ4v) is 1.60. The van der Waals surface area contributed by atoms with Gasteiger partial charge in [-0.15, -0.1) is 0 Å². The first kappa shape index (κ1) is 8.57. The van der Waals surface area contributed by atoms with Gasteiger partial charge >= 0.3 is 5.97 Å². The van der Waals surface area contributed by atoms with E-state index in [1.807, 2.05) is 0 Å². The molecule has 2 heteroatoms. The van der Waals surface area contributed by atoms with Gasteiger partial charge in [0.1, 0.15) is 6.10 Å². The summed E-state index contributed by atoms with van der Waals surface area (Å²) >= 11 is 0. The van der Waals surface area contributed by atoms with Crippen LogP contribution < -0.4 is 0 Å². The lowest BCUT2D eigenvalue weighted by molar-refractivity contribution is -0.156. The summed E-state index contributed by atoms with van der Waals surface area (Å²) in [5.74, 6) is 0.509. The van der Waals surface area contributed by atoms with Gasteiger partial charge in [-0.3, -0.25) is 4.79 Å². The third kappa shape index (κ3) is 2.52. The van der Waals surface area contributed by atoms with Crippen molar-refractivity contribution in [2.45, 2.75) is 45.6 Å². The van der Waals surface area contributed by atoms with Gasteiger partial charge in [-0.25, -0.2) is 0 Å². The van der Waals surface area contributed by atoms with E-state index in [4.69, 9.17) is 4.74 Å². The molecule has 0 aromatic rings. The van der Waals surface area contributed by atoms with E-state index in [-0.39, 0.29) is 12.1 Å². The first-order valence-corrected chi connectivity index (χ1v) is 4.41. The summed E-state index contributed by atoms with van der Waals surface area (Å²) in [7, 11) is 0.